The molecule has 28 heavy (non-hydrogen) atoms. The van der Waals surface area contributed by atoms with Crippen molar-refractivity contribution in [3.63, 3.8) is 0 Å². The zero-order chi connectivity index (χ0) is 19.6. The maximum atomic E-state index is 12.9. The summed E-state index contributed by atoms with van der Waals surface area (Å²) >= 11 is 0. The number of benzene rings is 1. The fourth-order valence-corrected chi connectivity index (χ4v) is 6.38. The molecule has 3 saturated carbocycles. The van der Waals surface area contributed by atoms with Gasteiger partial charge in [-0.3, -0.25) is 19.8 Å². The molecule has 0 radical (unpaired) electrons. The Morgan fingerprint density at radius 2 is 1.79 bits per heavy atom. The molecule has 4 aliphatic carbocycles. The van der Waals surface area contributed by atoms with Crippen LogP contribution in [0.1, 0.15) is 22.3 Å². The molecular formula is C20H15F3N2O3. The molecule has 1 aromatic carbocycles. The average molecular weight is 388 g/mol. The van der Waals surface area contributed by atoms with Gasteiger partial charge in [-0.05, 0) is 54.4 Å². The van der Waals surface area contributed by atoms with Gasteiger partial charge in [0.1, 0.15) is 0 Å². The SMILES string of the molecule is O=C(NN1C(=O)[C@@H]2C3C=CC34C([C@H]3C[C@H]34)[C@@H]2C1=O)c1ccc(C(F)(F)F)cc1. The average Bonchev–Trinajstić information content (AvgIpc) is 3.24. The number of alkyl halides is 3. The summed E-state index contributed by atoms with van der Waals surface area (Å²) in [5.74, 6) is -1.04. The van der Waals surface area contributed by atoms with Gasteiger partial charge in [-0.1, -0.05) is 12.2 Å². The first-order valence-corrected chi connectivity index (χ1v) is 9.30. The molecule has 4 fully saturated rings. The predicted molar refractivity (Wildman–Crippen MR) is 87.9 cm³/mol. The number of allylic oxidation sites excluding steroid dienone is 2. The van der Waals surface area contributed by atoms with Crippen LogP contribution in [0, 0.1) is 40.9 Å². The third-order valence-corrected chi connectivity index (χ3v) is 7.55. The Morgan fingerprint density at radius 1 is 1.11 bits per heavy atom. The molecule has 7 atom stereocenters. The van der Waals surface area contributed by atoms with Crippen LogP contribution < -0.4 is 5.43 Å². The summed E-state index contributed by atoms with van der Waals surface area (Å²) in [5, 5.41) is 0.793. The van der Waals surface area contributed by atoms with Gasteiger partial charge in [0.15, 0.2) is 0 Å². The molecule has 3 amide bonds. The van der Waals surface area contributed by atoms with E-state index in [1.807, 2.05) is 6.08 Å². The van der Waals surface area contributed by atoms with Crippen LogP contribution in [0.2, 0.25) is 0 Å². The van der Waals surface area contributed by atoms with E-state index in [0.29, 0.717) is 11.8 Å². The molecule has 5 aliphatic rings. The van der Waals surface area contributed by atoms with Crippen LogP contribution in [-0.4, -0.2) is 22.7 Å². The lowest BCUT2D eigenvalue weighted by atomic mass is 9.52. The lowest BCUT2D eigenvalue weighted by Crippen LogP contribution is -2.54. The number of hydrazine groups is 1. The Morgan fingerprint density at radius 3 is 2.39 bits per heavy atom. The summed E-state index contributed by atoms with van der Waals surface area (Å²) < 4.78 is 38.0. The van der Waals surface area contributed by atoms with Crippen molar-refractivity contribution in [2.45, 2.75) is 12.6 Å². The number of carbonyl (C=O) groups excluding carboxylic acids is 3. The minimum absolute atomic E-state index is 0.0227. The van der Waals surface area contributed by atoms with E-state index < -0.39 is 35.4 Å². The van der Waals surface area contributed by atoms with Gasteiger partial charge in [0, 0.05) is 11.0 Å². The molecule has 6 rings (SSSR count). The summed E-state index contributed by atoms with van der Waals surface area (Å²) in [6.07, 6.45) is 0.784. The number of hydrogen-bond donors (Lipinski definition) is 1. The first-order chi connectivity index (χ1) is 13.2. The van der Waals surface area contributed by atoms with Crippen molar-refractivity contribution in [2.24, 2.45) is 40.9 Å². The first kappa shape index (κ1) is 16.3. The van der Waals surface area contributed by atoms with Crippen LogP contribution >= 0.6 is 0 Å². The first-order valence-electron chi connectivity index (χ1n) is 9.30. The number of fused-ring (bicyclic) bond motifs is 5. The molecule has 0 aromatic heterocycles. The maximum Gasteiger partial charge on any atom is 0.416 e. The molecule has 1 spiro atoms. The Labute approximate surface area is 157 Å². The number of carbonyl (C=O) groups is 3. The third-order valence-electron chi connectivity index (χ3n) is 7.55. The van der Waals surface area contributed by atoms with E-state index in [1.54, 1.807) is 0 Å². The second-order valence-corrected chi connectivity index (χ2v) is 8.50. The van der Waals surface area contributed by atoms with E-state index in [9.17, 15) is 27.6 Å². The van der Waals surface area contributed by atoms with Crippen LogP contribution in [0.25, 0.3) is 0 Å². The Balaban J connectivity index is 1.23. The summed E-state index contributed by atoms with van der Waals surface area (Å²) in [6.45, 7) is 0. The number of halogens is 3. The molecule has 1 N–H and O–H groups in total. The highest BCUT2D eigenvalue weighted by atomic mass is 19.4. The van der Waals surface area contributed by atoms with Gasteiger partial charge in [0.05, 0.1) is 17.4 Å². The van der Waals surface area contributed by atoms with Crippen LogP contribution in [0.5, 0.6) is 0 Å². The number of rotatable bonds is 2. The van der Waals surface area contributed by atoms with E-state index >= 15 is 0 Å². The fraction of sp³-hybridized carbons (Fsp3) is 0.450. The van der Waals surface area contributed by atoms with Crippen molar-refractivity contribution < 1.29 is 27.6 Å². The topological polar surface area (TPSA) is 66.5 Å². The monoisotopic (exact) mass is 388 g/mol. The van der Waals surface area contributed by atoms with Crippen molar-refractivity contribution in [3.05, 3.63) is 47.5 Å². The summed E-state index contributed by atoms with van der Waals surface area (Å²) in [4.78, 5) is 38.2. The fourth-order valence-electron chi connectivity index (χ4n) is 6.38. The van der Waals surface area contributed by atoms with E-state index in [-0.39, 0.29) is 28.7 Å². The number of hydrogen-bond acceptors (Lipinski definition) is 3. The molecule has 3 unspecified atom stereocenters. The van der Waals surface area contributed by atoms with Gasteiger partial charge in [-0.15, -0.1) is 0 Å². The molecule has 0 bridgehead atoms. The van der Waals surface area contributed by atoms with Crippen molar-refractivity contribution in [1.82, 2.24) is 10.4 Å². The minimum Gasteiger partial charge on any atom is -0.272 e. The van der Waals surface area contributed by atoms with Gasteiger partial charge in [0.2, 0.25) is 0 Å². The zero-order valence-electron chi connectivity index (χ0n) is 14.4. The molecular weight excluding hydrogens is 373 g/mol. The number of imide groups is 1. The molecule has 1 aliphatic heterocycles. The number of amides is 3. The number of nitrogens with one attached hydrogen (secondary N) is 1. The second kappa shape index (κ2) is 4.67. The molecule has 1 aromatic rings. The predicted octanol–water partition coefficient (Wildman–Crippen LogP) is 2.40. The zero-order valence-corrected chi connectivity index (χ0v) is 14.4. The summed E-state index contributed by atoms with van der Waals surface area (Å²) in [5.41, 5.74) is 1.42. The second-order valence-electron chi connectivity index (χ2n) is 8.50. The van der Waals surface area contributed by atoms with Crippen LogP contribution in [0.4, 0.5) is 13.2 Å². The van der Waals surface area contributed by atoms with Crippen LogP contribution in [0.15, 0.2) is 36.4 Å². The standard InChI is InChI=1S/C20H15F3N2O3/c21-20(22,23)9-3-1-8(2-4-9)16(26)24-25-17(27)13-11-5-6-19(11)12-7-10(12)15(19)14(13)18(25)28/h1-6,10-15H,7H2,(H,24,26)/t10-,11?,12+,13+,14+,15?,19?/m0/s1. The number of nitrogens with zero attached hydrogens (tertiary/aromatic N) is 1. The lowest BCUT2D eigenvalue weighted by Gasteiger charge is -2.52. The minimum atomic E-state index is -4.50. The molecule has 8 heteroatoms. The van der Waals surface area contributed by atoms with Gasteiger partial charge in [0.25, 0.3) is 17.7 Å². The van der Waals surface area contributed by atoms with Crippen LogP contribution in [0.3, 0.4) is 0 Å². The van der Waals surface area contributed by atoms with Gasteiger partial charge < -0.3 is 0 Å². The highest BCUT2D eigenvalue weighted by Crippen LogP contribution is 2.85. The normalized spacial score (nSPS) is 41.5. The highest BCUT2D eigenvalue weighted by Gasteiger charge is 2.84. The van der Waals surface area contributed by atoms with Gasteiger partial charge in [-0.2, -0.15) is 18.2 Å². The molecule has 1 saturated heterocycles. The summed E-state index contributed by atoms with van der Waals surface area (Å²) in [6, 6.07) is 3.66. The Bertz CT molecular complexity index is 985. The van der Waals surface area contributed by atoms with Crippen molar-refractivity contribution in [1.29, 1.82) is 0 Å². The van der Waals surface area contributed by atoms with E-state index in [2.05, 4.69) is 11.5 Å². The van der Waals surface area contributed by atoms with E-state index in [4.69, 9.17) is 0 Å². The third kappa shape index (κ3) is 1.68. The van der Waals surface area contributed by atoms with Crippen molar-refractivity contribution in [2.75, 3.05) is 0 Å². The van der Waals surface area contributed by atoms with Crippen LogP contribution in [-0.2, 0) is 15.8 Å². The molecule has 1 heterocycles. The summed E-state index contributed by atoms with van der Waals surface area (Å²) in [7, 11) is 0. The Kier molecular flexibility index (Phi) is 2.72. The van der Waals surface area contributed by atoms with Crippen molar-refractivity contribution in [3.8, 4) is 0 Å². The molecule has 5 nitrogen and oxygen atoms in total. The lowest BCUT2D eigenvalue weighted by molar-refractivity contribution is -0.146. The van der Waals surface area contributed by atoms with Gasteiger partial charge in [-0.25, -0.2) is 0 Å². The Hall–Kier alpha value is -2.64. The quantitative estimate of drug-likeness (QED) is 0.625. The largest absolute Gasteiger partial charge is 0.416 e. The van der Waals surface area contributed by atoms with Gasteiger partial charge >= 0.3 is 6.18 Å². The van der Waals surface area contributed by atoms with E-state index in [0.717, 1.165) is 35.7 Å². The highest BCUT2D eigenvalue weighted by molar-refractivity contribution is 6.09. The smallest absolute Gasteiger partial charge is 0.272 e. The van der Waals surface area contributed by atoms with E-state index in [1.165, 1.54) is 0 Å². The molecule has 144 valence electrons. The van der Waals surface area contributed by atoms with Crippen molar-refractivity contribution >= 4 is 17.7 Å². The maximum absolute atomic E-state index is 12.9.